The third-order valence-electron chi connectivity index (χ3n) is 0. The van der Waals surface area contributed by atoms with Crippen molar-refractivity contribution in [3.63, 3.8) is 0 Å². The Hall–Kier alpha value is 1.55. The second kappa shape index (κ2) is 9.55. The molecule has 0 aromatic heterocycles. The Bertz CT molecular complexity index is 56.5. The molecule has 0 aromatic carbocycles. The van der Waals surface area contributed by atoms with Gasteiger partial charge in [0.2, 0.25) is 0 Å². The van der Waals surface area contributed by atoms with E-state index in [0.29, 0.717) is 0 Å². The molecule has 9 heavy (non-hydrogen) atoms. The van der Waals surface area contributed by atoms with Crippen molar-refractivity contribution in [1.29, 1.82) is 0 Å². The van der Waals surface area contributed by atoms with E-state index in [1.165, 1.54) is 36.6 Å². The minimum Gasteiger partial charge on any atom is -0.894 e. The van der Waals surface area contributed by atoms with Crippen molar-refractivity contribution in [2.24, 2.45) is 0 Å². The number of rotatable bonds is 0. The monoisotopic (exact) mass is 307 g/mol. The molecule has 0 spiro atoms. The van der Waals surface area contributed by atoms with E-state index < -0.39 is 9.05 Å². The van der Waals surface area contributed by atoms with E-state index in [1.54, 1.807) is 0 Å². The van der Waals surface area contributed by atoms with Gasteiger partial charge in [-0.25, -0.2) is 0 Å². The normalized spacial score (nSPS) is 8.11. The zero-order valence-electron chi connectivity index (χ0n) is 4.03. The summed E-state index contributed by atoms with van der Waals surface area (Å²) in [6.45, 7) is 0. The first-order valence-electron chi connectivity index (χ1n) is 1.24. The van der Waals surface area contributed by atoms with Crippen LogP contribution in [0, 0.1) is 36.6 Å². The molecule has 0 aliphatic heterocycles. The predicted molar refractivity (Wildman–Crippen MR) is 18.3 cm³/mol. The van der Waals surface area contributed by atoms with Crippen LogP contribution >= 0.6 is 0 Å². The van der Waals surface area contributed by atoms with Gasteiger partial charge in [-0.3, -0.25) is 0 Å². The van der Waals surface area contributed by atoms with Crippen LogP contribution < -0.4 is 19.2 Å². The molecule has 0 aromatic rings. The predicted octanol–water partition coefficient (Wildman–Crippen LogP) is -5.79. The average Bonchev–Trinajstić information content (AvgIpc) is 1.27. The summed E-state index contributed by atoms with van der Waals surface area (Å²) in [5.74, 6) is 0. The fourth-order valence-corrected chi connectivity index (χ4v) is 0. The standard InChI is InChI=1S/CHO.Al.O4Si.Tb/c1-2;;1-5(2,3)4;/h1H;;;/q;+3;-4;+2. The van der Waals surface area contributed by atoms with Crippen molar-refractivity contribution in [2.75, 3.05) is 0 Å². The maximum atomic E-state index is 8.81. The summed E-state index contributed by atoms with van der Waals surface area (Å²) in [4.78, 5) is 43.1. The van der Waals surface area contributed by atoms with Crippen LogP contribution in [0.15, 0.2) is 0 Å². The van der Waals surface area contributed by atoms with E-state index in [-0.39, 0.29) is 17.4 Å². The van der Waals surface area contributed by atoms with Crippen LogP contribution in [-0.4, -0.2) is 28.7 Å². The summed E-state index contributed by atoms with van der Waals surface area (Å²) in [7, 11) is -5.61. The number of carbonyl (C=O) groups is 1. The number of hydrogen-bond acceptors (Lipinski definition) is 5. The molecule has 0 atom stereocenters. The SMILES string of the molecule is O=[CH][Tb+2].[Al+3].[O-][Si]([O-])([O-])[O-]. The Morgan fingerprint density at radius 2 is 1.22 bits per heavy atom. The molecule has 0 amide bonds. The molecule has 0 fully saturated rings. The van der Waals surface area contributed by atoms with Gasteiger partial charge < -0.3 is 28.2 Å². The molecular formula is CHAlO5SiTb+. The quantitative estimate of drug-likeness (QED) is 0.327. The molecule has 0 N–H and O–H groups in total. The molecular weight excluding hydrogens is 306 g/mol. The van der Waals surface area contributed by atoms with Crippen molar-refractivity contribution in [3.05, 3.63) is 0 Å². The smallest absolute Gasteiger partial charge is 0.894 e. The van der Waals surface area contributed by atoms with Gasteiger partial charge in [0, 0.05) is 0 Å². The fourth-order valence-electron chi connectivity index (χ4n) is 0. The van der Waals surface area contributed by atoms with Crippen molar-refractivity contribution < 1.29 is 60.6 Å². The molecule has 0 radical (unpaired) electrons. The van der Waals surface area contributed by atoms with E-state index >= 15 is 0 Å². The van der Waals surface area contributed by atoms with Crippen molar-refractivity contribution in [2.45, 2.75) is 0 Å². The van der Waals surface area contributed by atoms with Crippen LogP contribution in [0.2, 0.25) is 0 Å². The van der Waals surface area contributed by atoms with E-state index in [0.717, 1.165) is 2.26 Å². The molecule has 0 saturated heterocycles. The summed E-state index contributed by atoms with van der Waals surface area (Å²) in [6.07, 6.45) is 0. The van der Waals surface area contributed by atoms with Crippen LogP contribution in [0.25, 0.3) is 0 Å². The van der Waals surface area contributed by atoms with Gasteiger partial charge in [0.1, 0.15) is 0 Å². The van der Waals surface area contributed by atoms with E-state index in [1.807, 2.05) is 0 Å². The number of carbonyl (C=O) groups excluding carboxylic acids is 1. The van der Waals surface area contributed by atoms with E-state index in [4.69, 9.17) is 24.0 Å². The van der Waals surface area contributed by atoms with Crippen LogP contribution in [0.1, 0.15) is 0 Å². The van der Waals surface area contributed by atoms with Gasteiger partial charge in [-0.2, -0.15) is 0 Å². The van der Waals surface area contributed by atoms with Gasteiger partial charge in [0.05, 0.1) is 0 Å². The van der Waals surface area contributed by atoms with Gasteiger partial charge in [0.25, 0.3) is 0 Å². The van der Waals surface area contributed by atoms with E-state index in [9.17, 15) is 0 Å². The molecule has 8 heteroatoms. The molecule has 5 nitrogen and oxygen atoms in total. The van der Waals surface area contributed by atoms with Gasteiger partial charge >= 0.3 is 61.0 Å². The first kappa shape index (κ1) is 16.9. The summed E-state index contributed by atoms with van der Waals surface area (Å²) in [6, 6.07) is 0. The number of hydrogen-bond donors (Lipinski definition) is 0. The molecule has 0 rings (SSSR count). The Balaban J connectivity index is -0.0000000800. The topological polar surface area (TPSA) is 109 Å². The third kappa shape index (κ3) is 228. The zero-order chi connectivity index (χ0) is 7.21. The second-order valence-corrected chi connectivity index (χ2v) is 2.08. The molecule has 0 bridgehead atoms. The minimum absolute atomic E-state index is 0. The van der Waals surface area contributed by atoms with Gasteiger partial charge in [0.15, 0.2) is 0 Å². The summed E-state index contributed by atoms with van der Waals surface area (Å²) in [5, 5.41) is 0. The fraction of sp³-hybridized carbons (Fsp3) is 0. The van der Waals surface area contributed by atoms with Crippen molar-refractivity contribution in [3.8, 4) is 0 Å². The summed E-state index contributed by atoms with van der Waals surface area (Å²) < 4.78 is 0.750. The van der Waals surface area contributed by atoms with Gasteiger partial charge in [-0.05, 0) is 0 Å². The molecule has 0 saturated carbocycles. The molecule has 0 aliphatic carbocycles. The van der Waals surface area contributed by atoms with Crippen molar-refractivity contribution in [1.82, 2.24) is 0 Å². The third-order valence-corrected chi connectivity index (χ3v) is 0. The Morgan fingerprint density at radius 3 is 1.22 bits per heavy atom. The molecule has 0 unspecified atom stereocenters. The van der Waals surface area contributed by atoms with Crippen LogP contribution in [0.5, 0.6) is 0 Å². The Morgan fingerprint density at radius 1 is 1.22 bits per heavy atom. The van der Waals surface area contributed by atoms with Crippen LogP contribution in [-0.2, 0) is 4.79 Å². The minimum atomic E-state index is -5.61. The first-order chi connectivity index (χ1) is 3.41. The zero-order valence-corrected chi connectivity index (χ0v) is 8.32. The Kier molecular flexibility index (Phi) is 17.9. The van der Waals surface area contributed by atoms with Gasteiger partial charge in [-0.1, -0.05) is 0 Å². The van der Waals surface area contributed by atoms with Crippen molar-refractivity contribution >= 4 is 28.7 Å². The largest absolute Gasteiger partial charge is 3.00 e. The van der Waals surface area contributed by atoms with Gasteiger partial charge in [-0.15, -0.1) is 0 Å². The summed E-state index contributed by atoms with van der Waals surface area (Å²) >= 11 is 1.44. The second-order valence-electron chi connectivity index (χ2n) is 0.579. The van der Waals surface area contributed by atoms with Crippen LogP contribution in [0.4, 0.5) is 0 Å². The van der Waals surface area contributed by atoms with Crippen LogP contribution in [0.3, 0.4) is 0 Å². The molecule has 0 heterocycles. The summed E-state index contributed by atoms with van der Waals surface area (Å²) in [5.41, 5.74) is 0. The maximum Gasteiger partial charge on any atom is 3.00 e. The average molecular weight is 307 g/mol. The van der Waals surface area contributed by atoms with E-state index in [2.05, 4.69) is 0 Å². The molecule has 0 aliphatic rings. The first-order valence-corrected chi connectivity index (χ1v) is 4.11. The Labute approximate surface area is 88.3 Å². The maximum absolute atomic E-state index is 8.81. The molecule has 50 valence electrons.